The Bertz CT molecular complexity index is 2880. The van der Waals surface area contributed by atoms with Crippen LogP contribution in [0.2, 0.25) is 0 Å². The standard InChI is InChI=1S/2C10H12N2.2C9H11N3.C8H11NO.C8H11N.8C2H6.3CH4/c1-7(2)8-3-5-11-10-9(8)4-6-12-10;1-7(2)9-6-12-10-8(9)4-3-5-11-10;1-7(2)8-3-4-10-9-11-5-6-12(8)9;1-7(2)8-6-11-9-10-4-3-5-12(8)9;1-6(2)7-3-4-9-8(10)5-7;1-7(2)8-3-5-9-6-4-8;8*1-2;;;/h2*3-7H,1-2H3,(H,11,12);2*3-7H,1-2H3;3-6H,1-2H3,(H,9,10);3-7H,1-2H3;8*1-2H3;3*1H4. The SMILES string of the molecule is C.C.C.CC.CC.CC.CC.CC.CC.CC.CC.CC(C)c1c[nH]c2ncccc12.CC(C)c1cc[nH]c(=O)c1.CC(C)c1ccnc2[nH]ccc12.CC(C)c1ccnc2nccn12.CC(C)c1ccncc1.CC(C)c1cnc2ncccn12. The van der Waals surface area contributed by atoms with Gasteiger partial charge in [-0.25, -0.2) is 29.9 Å². The second-order valence-electron chi connectivity index (χ2n) is 17.9. The molecule has 86 heavy (non-hydrogen) atoms. The fraction of sp³-hybridized carbons (Fsp3) is 0.507. The van der Waals surface area contributed by atoms with Gasteiger partial charge in [0.15, 0.2) is 0 Å². The van der Waals surface area contributed by atoms with Crippen molar-refractivity contribution < 1.29 is 0 Å². The van der Waals surface area contributed by atoms with Crippen molar-refractivity contribution >= 4 is 33.6 Å². The topological polar surface area (TPSA) is 163 Å². The monoisotopic (exact) mass is 1190 g/mol. The van der Waals surface area contributed by atoms with Crippen LogP contribution in [0.15, 0.2) is 146 Å². The summed E-state index contributed by atoms with van der Waals surface area (Å²) in [7, 11) is 0. The van der Waals surface area contributed by atoms with Crippen LogP contribution in [0.1, 0.15) is 285 Å². The summed E-state index contributed by atoms with van der Waals surface area (Å²) < 4.78 is 4.04. The number of rotatable bonds is 6. The second kappa shape index (κ2) is 58.1. The zero-order valence-electron chi connectivity index (χ0n) is 57.2. The summed E-state index contributed by atoms with van der Waals surface area (Å²) in [4.78, 5) is 48.5. The van der Waals surface area contributed by atoms with Gasteiger partial charge in [-0.2, -0.15) is 0 Å². The predicted molar refractivity (Wildman–Crippen MR) is 385 cm³/mol. The lowest BCUT2D eigenvalue weighted by atomic mass is 10.0. The molecule has 10 rings (SSSR count). The molecule has 0 fully saturated rings. The lowest BCUT2D eigenvalue weighted by molar-refractivity contribution is 0.794. The molecule has 0 aromatic carbocycles. The van der Waals surface area contributed by atoms with Gasteiger partial charge in [0.1, 0.15) is 11.3 Å². The number of hydrogen-bond acceptors (Lipinski definition) is 8. The molecule has 486 valence electrons. The number of aromatic amines is 3. The van der Waals surface area contributed by atoms with E-state index in [1.165, 1.54) is 38.9 Å². The molecule has 0 atom stereocenters. The zero-order chi connectivity index (χ0) is 64.5. The van der Waals surface area contributed by atoms with E-state index < -0.39 is 0 Å². The summed E-state index contributed by atoms with van der Waals surface area (Å²) in [6, 6.07) is 19.8. The molecule has 0 bridgehead atoms. The fourth-order valence-corrected chi connectivity index (χ4v) is 7.11. The Morgan fingerprint density at radius 2 is 0.826 bits per heavy atom. The van der Waals surface area contributed by atoms with E-state index in [-0.39, 0.29) is 27.8 Å². The van der Waals surface area contributed by atoms with Gasteiger partial charge in [-0.05, 0) is 112 Å². The summed E-state index contributed by atoms with van der Waals surface area (Å²) >= 11 is 0. The summed E-state index contributed by atoms with van der Waals surface area (Å²) in [6.45, 7) is 57.9. The molecule has 0 saturated carbocycles. The smallest absolute Gasteiger partial charge is 0.248 e. The van der Waals surface area contributed by atoms with E-state index >= 15 is 0 Å². The van der Waals surface area contributed by atoms with E-state index in [1.54, 1.807) is 30.9 Å². The van der Waals surface area contributed by atoms with Crippen molar-refractivity contribution in [3.63, 3.8) is 0 Å². The Hall–Kier alpha value is -7.28. The second-order valence-corrected chi connectivity index (χ2v) is 17.9. The molecule has 0 aliphatic heterocycles. The maximum Gasteiger partial charge on any atom is 0.248 e. The van der Waals surface area contributed by atoms with Crippen LogP contribution in [0.4, 0.5) is 0 Å². The molecule has 10 aromatic heterocycles. The number of imidazole rings is 2. The maximum atomic E-state index is 10.7. The van der Waals surface area contributed by atoms with Crippen LogP contribution >= 0.6 is 0 Å². The summed E-state index contributed by atoms with van der Waals surface area (Å²) in [5, 5.41) is 2.49. The molecule has 10 aromatic rings. The summed E-state index contributed by atoms with van der Waals surface area (Å²) in [5.74, 6) is 4.72. The summed E-state index contributed by atoms with van der Waals surface area (Å²) in [5.41, 5.74) is 9.55. The number of nitrogens with zero attached hydrogens (tertiary/aromatic N) is 9. The third-order valence-corrected chi connectivity index (χ3v) is 10.9. The predicted octanol–water partition coefficient (Wildman–Crippen LogP) is 22.9. The van der Waals surface area contributed by atoms with Gasteiger partial charge in [0.05, 0.1) is 6.20 Å². The van der Waals surface area contributed by atoms with E-state index in [0.717, 1.165) is 28.4 Å². The van der Waals surface area contributed by atoms with Crippen LogP contribution < -0.4 is 5.56 Å². The van der Waals surface area contributed by atoms with Gasteiger partial charge >= 0.3 is 0 Å². The van der Waals surface area contributed by atoms with E-state index in [1.807, 2.05) is 212 Å². The zero-order valence-corrected chi connectivity index (χ0v) is 57.2. The highest BCUT2D eigenvalue weighted by Gasteiger charge is 2.08. The molecule has 0 aliphatic rings. The molecular formula is C73H128N12O. The highest BCUT2D eigenvalue weighted by atomic mass is 16.1. The van der Waals surface area contributed by atoms with Crippen LogP contribution in [-0.2, 0) is 0 Å². The van der Waals surface area contributed by atoms with Crippen LogP contribution in [0.3, 0.4) is 0 Å². The Morgan fingerprint density at radius 1 is 0.372 bits per heavy atom. The molecule has 13 heteroatoms. The number of H-pyrrole nitrogens is 3. The highest BCUT2D eigenvalue weighted by Crippen LogP contribution is 2.24. The van der Waals surface area contributed by atoms with Gasteiger partial charge in [-0.15, -0.1) is 0 Å². The molecule has 0 spiro atoms. The number of hydrogen-bond donors (Lipinski definition) is 3. The minimum absolute atomic E-state index is 0. The highest BCUT2D eigenvalue weighted by molar-refractivity contribution is 5.80. The average molecular weight is 1190 g/mol. The van der Waals surface area contributed by atoms with Crippen molar-refractivity contribution in [1.82, 2.24) is 58.6 Å². The Balaban J connectivity index is -0.000000165. The first-order valence-electron chi connectivity index (χ1n) is 31.1. The molecule has 0 unspecified atom stereocenters. The van der Waals surface area contributed by atoms with Crippen LogP contribution in [-0.4, -0.2) is 58.6 Å². The lowest BCUT2D eigenvalue weighted by Crippen LogP contribution is -2.04. The number of pyridine rings is 4. The minimum Gasteiger partial charge on any atom is -0.346 e. The number of nitrogens with one attached hydrogen (secondary N) is 3. The average Bonchev–Trinajstić information content (AvgIpc) is 4.27. The molecular weight excluding hydrogens is 1060 g/mol. The van der Waals surface area contributed by atoms with Crippen LogP contribution in [0.5, 0.6) is 0 Å². The van der Waals surface area contributed by atoms with Crippen molar-refractivity contribution in [2.24, 2.45) is 0 Å². The quantitative estimate of drug-likeness (QED) is 0.148. The number of aromatic nitrogens is 12. The minimum atomic E-state index is -0.0220. The first kappa shape index (κ1) is 92.4. The third kappa shape index (κ3) is 33.4. The fourth-order valence-electron chi connectivity index (χ4n) is 7.11. The van der Waals surface area contributed by atoms with Gasteiger partial charge in [-0.1, -0.05) is 216 Å². The van der Waals surface area contributed by atoms with E-state index in [4.69, 9.17) is 0 Å². The normalized spacial score (nSPS) is 9.09. The summed E-state index contributed by atoms with van der Waals surface area (Å²) in [6.07, 6.45) is 24.1. The third-order valence-electron chi connectivity index (χ3n) is 10.9. The Morgan fingerprint density at radius 3 is 1.33 bits per heavy atom. The largest absolute Gasteiger partial charge is 0.346 e. The maximum absolute atomic E-state index is 10.7. The van der Waals surface area contributed by atoms with E-state index in [2.05, 4.69) is 151 Å². The van der Waals surface area contributed by atoms with Gasteiger partial charge < -0.3 is 15.0 Å². The van der Waals surface area contributed by atoms with Crippen molar-refractivity contribution in [3.05, 3.63) is 185 Å². The molecule has 0 radical (unpaired) electrons. The molecule has 0 saturated heterocycles. The van der Waals surface area contributed by atoms with Crippen LogP contribution in [0.25, 0.3) is 33.6 Å². The molecule has 13 nitrogen and oxygen atoms in total. The van der Waals surface area contributed by atoms with Crippen molar-refractivity contribution in [3.8, 4) is 0 Å². The van der Waals surface area contributed by atoms with Crippen LogP contribution in [0, 0.1) is 0 Å². The molecule has 3 N–H and O–H groups in total. The molecule has 0 amide bonds. The van der Waals surface area contributed by atoms with Crippen molar-refractivity contribution in [1.29, 1.82) is 0 Å². The van der Waals surface area contributed by atoms with Gasteiger partial charge in [0, 0.05) is 103 Å². The van der Waals surface area contributed by atoms with Gasteiger partial charge in [0.25, 0.3) is 0 Å². The van der Waals surface area contributed by atoms with E-state index in [9.17, 15) is 4.79 Å². The Labute approximate surface area is 526 Å². The Kier molecular flexibility index (Phi) is 62.5. The van der Waals surface area contributed by atoms with Crippen molar-refractivity contribution in [2.45, 2.75) is 252 Å². The lowest BCUT2D eigenvalue weighted by Gasteiger charge is -2.06. The first-order chi connectivity index (χ1) is 40.2. The molecule has 0 aliphatic carbocycles. The first-order valence-corrected chi connectivity index (χ1v) is 31.1. The van der Waals surface area contributed by atoms with Gasteiger partial charge in [0.2, 0.25) is 17.1 Å². The van der Waals surface area contributed by atoms with E-state index in [0.29, 0.717) is 35.5 Å². The van der Waals surface area contributed by atoms with Crippen molar-refractivity contribution in [2.75, 3.05) is 0 Å². The van der Waals surface area contributed by atoms with Gasteiger partial charge in [-0.3, -0.25) is 18.6 Å². The number of fused-ring (bicyclic) bond motifs is 4. The molecule has 10 heterocycles.